The summed E-state index contributed by atoms with van der Waals surface area (Å²) < 4.78 is 16.3. The third-order valence-electron chi connectivity index (χ3n) is 6.01. The van der Waals surface area contributed by atoms with Gasteiger partial charge in [0.05, 0.1) is 45.7 Å². The van der Waals surface area contributed by atoms with Crippen molar-refractivity contribution in [2.24, 2.45) is 5.92 Å². The quantitative estimate of drug-likeness (QED) is 0.486. The Morgan fingerprint density at radius 2 is 1.87 bits per heavy atom. The fourth-order valence-corrected chi connectivity index (χ4v) is 4.20. The van der Waals surface area contributed by atoms with Crippen molar-refractivity contribution in [1.29, 1.82) is 0 Å². The first-order valence-corrected chi connectivity index (χ1v) is 10.9. The first-order chi connectivity index (χ1) is 14.9. The fraction of sp³-hybridized carbons (Fsp3) is 0.542. The van der Waals surface area contributed by atoms with E-state index in [1.807, 2.05) is 24.3 Å². The fourth-order valence-electron chi connectivity index (χ4n) is 4.20. The van der Waals surface area contributed by atoms with Crippen LogP contribution in [-0.4, -0.2) is 63.2 Å². The van der Waals surface area contributed by atoms with Gasteiger partial charge in [-0.1, -0.05) is 13.8 Å². The summed E-state index contributed by atoms with van der Waals surface area (Å²) in [5.41, 5.74) is 3.66. The second kappa shape index (κ2) is 10.4. The zero-order valence-electron chi connectivity index (χ0n) is 19.3. The Kier molecular flexibility index (Phi) is 7.89. The van der Waals surface area contributed by atoms with Gasteiger partial charge in [0.2, 0.25) is 0 Å². The van der Waals surface area contributed by atoms with Crippen LogP contribution in [0, 0.1) is 11.1 Å². The molecule has 7 heteroatoms. The van der Waals surface area contributed by atoms with E-state index >= 15 is 0 Å². The van der Waals surface area contributed by atoms with E-state index in [4.69, 9.17) is 14.2 Å². The summed E-state index contributed by atoms with van der Waals surface area (Å²) in [6.07, 6.45) is 2.47. The standard InChI is InChI=1S/C24H35N3O4/c1-17(2)22-16-27(28,10-9-26-22)15-18-6-8-25-21(12-18)19-13-23(30-4)20(7-11-29-3)24(14-19)31-5/h6,8,12-14,17,22,26H,7,9-11,15-16H2,1-5H3/t22-,27?/m1/s1. The second-order valence-corrected chi connectivity index (χ2v) is 8.58. The van der Waals surface area contributed by atoms with Gasteiger partial charge in [0.25, 0.3) is 0 Å². The van der Waals surface area contributed by atoms with Crippen molar-refractivity contribution in [3.05, 3.63) is 46.8 Å². The second-order valence-electron chi connectivity index (χ2n) is 8.58. The molecule has 2 aromatic rings. The van der Waals surface area contributed by atoms with Gasteiger partial charge < -0.3 is 29.4 Å². The van der Waals surface area contributed by atoms with Crippen molar-refractivity contribution in [3.63, 3.8) is 0 Å². The zero-order chi connectivity index (χ0) is 22.4. The van der Waals surface area contributed by atoms with Crippen molar-refractivity contribution in [3.8, 4) is 22.8 Å². The molecule has 1 saturated heterocycles. The number of ether oxygens (including phenoxy) is 3. The van der Waals surface area contributed by atoms with E-state index in [2.05, 4.69) is 24.1 Å². The van der Waals surface area contributed by atoms with Gasteiger partial charge in [0.15, 0.2) is 0 Å². The number of nitrogens with one attached hydrogen (secondary N) is 1. The summed E-state index contributed by atoms with van der Waals surface area (Å²) in [6.45, 7) is 7.27. The van der Waals surface area contributed by atoms with Crippen molar-refractivity contribution in [2.75, 3.05) is 47.6 Å². The maximum Gasteiger partial charge on any atom is 0.126 e. The Bertz CT molecular complexity index is 849. The first-order valence-electron chi connectivity index (χ1n) is 10.9. The molecule has 0 radical (unpaired) electrons. The van der Waals surface area contributed by atoms with E-state index in [0.29, 0.717) is 38.6 Å². The molecule has 170 valence electrons. The number of methoxy groups -OCH3 is 3. The summed E-state index contributed by atoms with van der Waals surface area (Å²) >= 11 is 0. The van der Waals surface area contributed by atoms with E-state index in [-0.39, 0.29) is 10.7 Å². The normalized spacial score (nSPS) is 21.3. The maximum atomic E-state index is 13.4. The average Bonchev–Trinajstić information content (AvgIpc) is 2.76. The average molecular weight is 430 g/mol. The van der Waals surface area contributed by atoms with Gasteiger partial charge in [-0.05, 0) is 30.2 Å². The molecule has 0 saturated carbocycles. The number of piperazine rings is 1. The molecule has 1 fully saturated rings. The number of benzene rings is 1. The van der Waals surface area contributed by atoms with E-state index < -0.39 is 0 Å². The monoisotopic (exact) mass is 429 g/mol. The Labute approximate surface area is 185 Å². The number of hydrogen-bond donors (Lipinski definition) is 1. The van der Waals surface area contributed by atoms with Crippen molar-refractivity contribution in [1.82, 2.24) is 10.3 Å². The largest absolute Gasteiger partial charge is 0.632 e. The summed E-state index contributed by atoms with van der Waals surface area (Å²) in [6, 6.07) is 8.14. The van der Waals surface area contributed by atoms with E-state index in [0.717, 1.165) is 40.4 Å². The predicted octanol–water partition coefficient (Wildman–Crippen LogP) is 3.40. The summed E-state index contributed by atoms with van der Waals surface area (Å²) in [7, 11) is 4.98. The highest BCUT2D eigenvalue weighted by Crippen LogP contribution is 2.35. The maximum absolute atomic E-state index is 13.4. The highest BCUT2D eigenvalue weighted by molar-refractivity contribution is 5.67. The number of nitrogens with zero attached hydrogens (tertiary/aromatic N) is 2. The van der Waals surface area contributed by atoms with E-state index in [1.54, 1.807) is 27.5 Å². The molecule has 31 heavy (non-hydrogen) atoms. The lowest BCUT2D eigenvalue weighted by Gasteiger charge is -2.49. The number of hydroxylamine groups is 3. The minimum atomic E-state index is -0.206. The van der Waals surface area contributed by atoms with Gasteiger partial charge >= 0.3 is 0 Å². The molecule has 2 atom stereocenters. The Morgan fingerprint density at radius 1 is 1.16 bits per heavy atom. The Balaban J connectivity index is 1.87. The van der Waals surface area contributed by atoms with Crippen LogP contribution in [0.25, 0.3) is 11.3 Å². The molecular formula is C24H35N3O4. The molecule has 1 N–H and O–H groups in total. The predicted molar refractivity (Wildman–Crippen MR) is 122 cm³/mol. The number of aromatic nitrogens is 1. The van der Waals surface area contributed by atoms with Crippen LogP contribution in [0.4, 0.5) is 0 Å². The van der Waals surface area contributed by atoms with E-state index in [9.17, 15) is 5.21 Å². The smallest absolute Gasteiger partial charge is 0.126 e. The third kappa shape index (κ3) is 5.74. The van der Waals surface area contributed by atoms with Crippen molar-refractivity contribution in [2.45, 2.75) is 32.9 Å². The van der Waals surface area contributed by atoms with Crippen LogP contribution in [0.1, 0.15) is 25.0 Å². The lowest BCUT2D eigenvalue weighted by Crippen LogP contribution is -2.60. The molecule has 0 amide bonds. The van der Waals surface area contributed by atoms with Gasteiger partial charge in [0, 0.05) is 43.0 Å². The van der Waals surface area contributed by atoms with Crippen molar-refractivity contribution < 1.29 is 18.9 Å². The first kappa shape index (κ1) is 23.5. The molecule has 2 heterocycles. The lowest BCUT2D eigenvalue weighted by atomic mass is 10.0. The number of hydrogen-bond acceptors (Lipinski definition) is 6. The lowest BCUT2D eigenvalue weighted by molar-refractivity contribution is -0.898. The van der Waals surface area contributed by atoms with Crippen LogP contribution in [0.5, 0.6) is 11.5 Å². The highest BCUT2D eigenvalue weighted by Gasteiger charge is 2.30. The van der Waals surface area contributed by atoms with Gasteiger partial charge in [-0.25, -0.2) is 0 Å². The summed E-state index contributed by atoms with van der Waals surface area (Å²) in [5, 5.41) is 16.9. The van der Waals surface area contributed by atoms with Crippen LogP contribution in [0.3, 0.4) is 0 Å². The molecule has 0 bridgehead atoms. The topological polar surface area (TPSA) is 75.7 Å². The SMILES string of the molecule is COCCc1c(OC)cc(-c2cc(C[N+]3([O-])CCN[C@@H](C(C)C)C3)ccn2)cc1OC. The van der Waals surface area contributed by atoms with Crippen LogP contribution in [0.2, 0.25) is 0 Å². The van der Waals surface area contributed by atoms with E-state index in [1.165, 1.54) is 0 Å². The Hall–Kier alpha value is -2.19. The summed E-state index contributed by atoms with van der Waals surface area (Å²) in [5.74, 6) is 1.93. The van der Waals surface area contributed by atoms with Gasteiger partial charge in [-0.15, -0.1) is 0 Å². The summed E-state index contributed by atoms with van der Waals surface area (Å²) in [4.78, 5) is 4.55. The minimum Gasteiger partial charge on any atom is -0.632 e. The van der Waals surface area contributed by atoms with Crippen LogP contribution >= 0.6 is 0 Å². The molecule has 1 aromatic carbocycles. The molecule has 1 unspecified atom stereocenters. The molecule has 1 aliphatic rings. The third-order valence-corrected chi connectivity index (χ3v) is 6.01. The van der Waals surface area contributed by atoms with Gasteiger partial charge in [-0.3, -0.25) is 4.98 Å². The van der Waals surface area contributed by atoms with Gasteiger partial charge in [-0.2, -0.15) is 0 Å². The van der Waals surface area contributed by atoms with Crippen LogP contribution in [0.15, 0.2) is 30.5 Å². The van der Waals surface area contributed by atoms with Crippen LogP contribution in [-0.2, 0) is 17.7 Å². The highest BCUT2D eigenvalue weighted by atomic mass is 16.5. The van der Waals surface area contributed by atoms with Crippen LogP contribution < -0.4 is 14.8 Å². The number of quaternary nitrogens is 1. The molecule has 1 aromatic heterocycles. The van der Waals surface area contributed by atoms with Crippen molar-refractivity contribution >= 4 is 0 Å². The Morgan fingerprint density at radius 3 is 2.48 bits per heavy atom. The molecule has 0 aliphatic carbocycles. The molecule has 1 aliphatic heterocycles. The molecule has 3 rings (SSSR count). The molecule has 7 nitrogen and oxygen atoms in total. The number of pyridine rings is 1. The van der Waals surface area contributed by atoms with Gasteiger partial charge in [0.1, 0.15) is 18.0 Å². The number of rotatable bonds is 9. The molecule has 0 spiro atoms. The minimum absolute atomic E-state index is 0.206. The zero-order valence-corrected chi connectivity index (χ0v) is 19.3. The molecular weight excluding hydrogens is 394 g/mol.